The number of nitrogens with one attached hydrogen (secondary N) is 1. The molecule has 1 amide bonds. The molecule has 2 aromatic heterocycles. The van der Waals surface area contributed by atoms with Gasteiger partial charge in [-0.15, -0.1) is 0 Å². The highest BCUT2D eigenvalue weighted by Crippen LogP contribution is 2.25. The number of amides is 1. The summed E-state index contributed by atoms with van der Waals surface area (Å²) in [5.74, 6) is -0.298. The summed E-state index contributed by atoms with van der Waals surface area (Å²) in [6, 6.07) is 12.4. The van der Waals surface area contributed by atoms with Crippen LogP contribution in [0.3, 0.4) is 0 Å². The minimum Gasteiger partial charge on any atom is -0.462 e. The number of hydrogen-bond acceptors (Lipinski definition) is 4. The van der Waals surface area contributed by atoms with Gasteiger partial charge in [-0.1, -0.05) is 12.1 Å². The van der Waals surface area contributed by atoms with Gasteiger partial charge >= 0.3 is 0 Å². The lowest BCUT2D eigenvalue weighted by Crippen LogP contribution is -2.11. The highest BCUT2D eigenvalue weighted by atomic mass is 16.3. The number of carbonyl (C=O) groups excluding carboxylic acids is 1. The standard InChI is InChI=1S/C15H9N3O2/c16-7-11-6-5-10(8-17-11)15(19)18-13-9-20-14-4-2-1-3-12(13)14/h1-6,8-9H,(H,18,19). The first-order valence-corrected chi connectivity index (χ1v) is 5.91. The molecule has 0 spiro atoms. The molecule has 0 bridgehead atoms. The number of para-hydroxylation sites is 1. The van der Waals surface area contributed by atoms with Gasteiger partial charge in [-0.3, -0.25) is 4.79 Å². The van der Waals surface area contributed by atoms with Gasteiger partial charge in [0, 0.05) is 11.6 Å². The number of rotatable bonds is 2. The van der Waals surface area contributed by atoms with E-state index in [0.717, 1.165) is 5.39 Å². The van der Waals surface area contributed by atoms with Crippen LogP contribution in [-0.4, -0.2) is 10.9 Å². The number of carbonyl (C=O) groups is 1. The second kappa shape index (κ2) is 4.86. The number of anilines is 1. The van der Waals surface area contributed by atoms with E-state index in [9.17, 15) is 4.79 Å². The van der Waals surface area contributed by atoms with Crippen molar-refractivity contribution in [2.24, 2.45) is 0 Å². The fraction of sp³-hybridized carbons (Fsp3) is 0. The van der Waals surface area contributed by atoms with E-state index in [1.807, 2.05) is 30.3 Å². The van der Waals surface area contributed by atoms with Crippen LogP contribution in [0.1, 0.15) is 16.1 Å². The summed E-state index contributed by atoms with van der Waals surface area (Å²) in [5.41, 5.74) is 1.97. The third-order valence-electron chi connectivity index (χ3n) is 2.87. The summed E-state index contributed by atoms with van der Waals surface area (Å²) >= 11 is 0. The molecule has 0 unspecified atom stereocenters. The number of benzene rings is 1. The highest BCUT2D eigenvalue weighted by Gasteiger charge is 2.11. The minimum atomic E-state index is -0.298. The van der Waals surface area contributed by atoms with E-state index in [1.165, 1.54) is 18.5 Å². The molecule has 0 aliphatic heterocycles. The molecular formula is C15H9N3O2. The molecule has 2 heterocycles. The number of nitrogens with zero attached hydrogens (tertiary/aromatic N) is 2. The van der Waals surface area contributed by atoms with Gasteiger partial charge in [0.05, 0.1) is 11.3 Å². The smallest absolute Gasteiger partial charge is 0.257 e. The van der Waals surface area contributed by atoms with Gasteiger partial charge in [-0.2, -0.15) is 5.26 Å². The molecule has 3 aromatic rings. The predicted molar refractivity (Wildman–Crippen MR) is 73.1 cm³/mol. The SMILES string of the molecule is N#Cc1ccc(C(=O)Nc2coc3ccccc23)cn1. The van der Waals surface area contributed by atoms with E-state index in [2.05, 4.69) is 10.3 Å². The predicted octanol–water partition coefficient (Wildman–Crippen LogP) is 2.95. The minimum absolute atomic E-state index is 0.273. The lowest BCUT2D eigenvalue weighted by molar-refractivity contribution is 0.102. The van der Waals surface area contributed by atoms with Crippen molar-refractivity contribution < 1.29 is 9.21 Å². The van der Waals surface area contributed by atoms with Crippen LogP contribution in [0, 0.1) is 11.3 Å². The molecular weight excluding hydrogens is 254 g/mol. The molecule has 0 radical (unpaired) electrons. The molecule has 1 aromatic carbocycles. The Morgan fingerprint density at radius 1 is 1.25 bits per heavy atom. The summed E-state index contributed by atoms with van der Waals surface area (Å²) in [4.78, 5) is 15.9. The van der Waals surface area contributed by atoms with E-state index in [1.54, 1.807) is 6.07 Å². The number of furan rings is 1. The average molecular weight is 263 g/mol. The van der Waals surface area contributed by atoms with Crippen LogP contribution < -0.4 is 5.32 Å². The maximum atomic E-state index is 12.1. The first-order valence-electron chi connectivity index (χ1n) is 5.91. The molecule has 20 heavy (non-hydrogen) atoms. The third-order valence-corrected chi connectivity index (χ3v) is 2.87. The largest absolute Gasteiger partial charge is 0.462 e. The fourth-order valence-electron chi connectivity index (χ4n) is 1.86. The van der Waals surface area contributed by atoms with E-state index in [-0.39, 0.29) is 11.6 Å². The maximum absolute atomic E-state index is 12.1. The van der Waals surface area contributed by atoms with Gasteiger partial charge < -0.3 is 9.73 Å². The van der Waals surface area contributed by atoms with Crippen LogP contribution in [0.15, 0.2) is 53.3 Å². The first-order chi connectivity index (χ1) is 9.78. The van der Waals surface area contributed by atoms with Crippen molar-refractivity contribution in [1.29, 1.82) is 5.26 Å². The molecule has 0 fully saturated rings. The Morgan fingerprint density at radius 3 is 2.85 bits per heavy atom. The van der Waals surface area contributed by atoms with Crippen LogP contribution in [-0.2, 0) is 0 Å². The normalized spacial score (nSPS) is 10.2. The molecule has 0 saturated heterocycles. The Bertz CT molecular complexity index is 813. The molecule has 3 rings (SSSR count). The quantitative estimate of drug-likeness (QED) is 0.770. The van der Waals surface area contributed by atoms with Gasteiger partial charge in [0.2, 0.25) is 0 Å². The summed E-state index contributed by atoms with van der Waals surface area (Å²) < 4.78 is 5.35. The van der Waals surface area contributed by atoms with E-state index >= 15 is 0 Å². The third kappa shape index (κ3) is 2.10. The molecule has 5 heteroatoms. The van der Waals surface area contributed by atoms with Gasteiger partial charge in [-0.05, 0) is 24.3 Å². The van der Waals surface area contributed by atoms with Crippen molar-refractivity contribution in [2.75, 3.05) is 5.32 Å². The van der Waals surface area contributed by atoms with Crippen LogP contribution in [0.25, 0.3) is 11.0 Å². The second-order valence-corrected chi connectivity index (χ2v) is 4.14. The average Bonchev–Trinajstić information content (AvgIpc) is 2.91. The Kier molecular flexibility index (Phi) is 2.90. The first kappa shape index (κ1) is 11.9. The Morgan fingerprint density at radius 2 is 2.10 bits per heavy atom. The Hall–Kier alpha value is -3.13. The monoisotopic (exact) mass is 263 g/mol. The van der Waals surface area contributed by atoms with Gasteiger partial charge in [-0.25, -0.2) is 4.98 Å². The molecule has 0 aliphatic carbocycles. The molecule has 1 N–H and O–H groups in total. The van der Waals surface area contributed by atoms with Gasteiger partial charge in [0.1, 0.15) is 23.6 Å². The molecule has 0 atom stereocenters. The maximum Gasteiger partial charge on any atom is 0.257 e. The van der Waals surface area contributed by atoms with E-state index in [4.69, 9.17) is 9.68 Å². The van der Waals surface area contributed by atoms with Crippen molar-refractivity contribution in [3.05, 3.63) is 60.1 Å². The fourth-order valence-corrected chi connectivity index (χ4v) is 1.86. The zero-order chi connectivity index (χ0) is 13.9. The molecule has 5 nitrogen and oxygen atoms in total. The molecule has 0 saturated carbocycles. The summed E-state index contributed by atoms with van der Waals surface area (Å²) in [6.07, 6.45) is 2.87. The molecule has 0 aliphatic rings. The van der Waals surface area contributed by atoms with Crippen molar-refractivity contribution in [3.8, 4) is 6.07 Å². The lowest BCUT2D eigenvalue weighted by Gasteiger charge is -2.02. The second-order valence-electron chi connectivity index (χ2n) is 4.14. The number of nitriles is 1. The summed E-state index contributed by atoms with van der Waals surface area (Å²) in [5, 5.41) is 12.3. The Labute approximate surface area is 114 Å². The number of aromatic nitrogens is 1. The zero-order valence-electron chi connectivity index (χ0n) is 10.3. The van der Waals surface area contributed by atoms with Gasteiger partial charge in [0.15, 0.2) is 0 Å². The summed E-state index contributed by atoms with van der Waals surface area (Å²) in [7, 11) is 0. The lowest BCUT2D eigenvalue weighted by atomic mass is 10.2. The van der Waals surface area contributed by atoms with Crippen LogP contribution in [0.2, 0.25) is 0 Å². The Balaban J connectivity index is 1.87. The van der Waals surface area contributed by atoms with E-state index in [0.29, 0.717) is 16.8 Å². The molecule has 96 valence electrons. The van der Waals surface area contributed by atoms with Crippen LogP contribution in [0.5, 0.6) is 0 Å². The van der Waals surface area contributed by atoms with Crippen LogP contribution >= 0.6 is 0 Å². The zero-order valence-corrected chi connectivity index (χ0v) is 10.3. The van der Waals surface area contributed by atoms with Crippen molar-refractivity contribution in [3.63, 3.8) is 0 Å². The highest BCUT2D eigenvalue weighted by molar-refractivity contribution is 6.08. The van der Waals surface area contributed by atoms with E-state index < -0.39 is 0 Å². The van der Waals surface area contributed by atoms with Crippen molar-refractivity contribution >= 4 is 22.6 Å². The topological polar surface area (TPSA) is 78.9 Å². The van der Waals surface area contributed by atoms with Gasteiger partial charge in [0.25, 0.3) is 5.91 Å². The summed E-state index contributed by atoms with van der Waals surface area (Å²) in [6.45, 7) is 0. The number of hydrogen-bond donors (Lipinski definition) is 1. The van der Waals surface area contributed by atoms with Crippen molar-refractivity contribution in [1.82, 2.24) is 4.98 Å². The number of fused-ring (bicyclic) bond motifs is 1. The van der Waals surface area contributed by atoms with Crippen molar-refractivity contribution in [2.45, 2.75) is 0 Å². The number of pyridine rings is 1. The van der Waals surface area contributed by atoms with Crippen LogP contribution in [0.4, 0.5) is 5.69 Å².